The number of para-hydroxylation sites is 1. The van der Waals surface area contributed by atoms with Crippen LogP contribution in [-0.4, -0.2) is 18.9 Å². The van der Waals surface area contributed by atoms with Gasteiger partial charge in [-0.3, -0.25) is 4.79 Å². The van der Waals surface area contributed by atoms with Gasteiger partial charge < -0.3 is 14.8 Å². The van der Waals surface area contributed by atoms with Crippen LogP contribution in [0.4, 0.5) is 11.4 Å². The molecule has 134 valence electrons. The molecule has 1 aliphatic rings. The zero-order valence-corrected chi connectivity index (χ0v) is 14.4. The van der Waals surface area contributed by atoms with Gasteiger partial charge in [0.05, 0.1) is 6.21 Å². The molecule has 0 spiro atoms. The van der Waals surface area contributed by atoms with Gasteiger partial charge in [-0.25, -0.2) is 5.43 Å². The highest BCUT2D eigenvalue weighted by Gasteiger charge is 2.15. The smallest absolute Gasteiger partial charge is 0.271 e. The fourth-order valence-corrected chi connectivity index (χ4v) is 2.61. The van der Waals surface area contributed by atoms with Crippen molar-refractivity contribution in [1.29, 1.82) is 0 Å². The highest BCUT2D eigenvalue weighted by atomic mass is 16.7. The SMILES string of the molecule is O=C(N/N=C\c1ccc(Nc2ccccc2)cc1)c1ccc2c(c1)OCO2. The van der Waals surface area contributed by atoms with E-state index in [4.69, 9.17) is 9.47 Å². The Morgan fingerprint density at radius 1 is 0.889 bits per heavy atom. The quantitative estimate of drug-likeness (QED) is 0.535. The highest BCUT2D eigenvalue weighted by molar-refractivity contribution is 5.95. The third-order valence-electron chi connectivity index (χ3n) is 3.99. The Hall–Kier alpha value is -3.80. The molecule has 1 amide bonds. The Labute approximate surface area is 156 Å². The van der Waals surface area contributed by atoms with E-state index < -0.39 is 0 Å². The van der Waals surface area contributed by atoms with Gasteiger partial charge in [-0.05, 0) is 48.0 Å². The molecule has 0 atom stereocenters. The molecule has 0 fully saturated rings. The van der Waals surface area contributed by atoms with Gasteiger partial charge in [0.25, 0.3) is 5.91 Å². The fraction of sp³-hybridized carbons (Fsp3) is 0.0476. The first-order valence-electron chi connectivity index (χ1n) is 8.43. The second-order valence-corrected chi connectivity index (χ2v) is 5.88. The van der Waals surface area contributed by atoms with Crippen LogP contribution in [0.2, 0.25) is 0 Å². The minimum absolute atomic E-state index is 0.174. The number of carbonyl (C=O) groups is 1. The van der Waals surface area contributed by atoms with E-state index in [1.54, 1.807) is 24.4 Å². The van der Waals surface area contributed by atoms with Gasteiger partial charge in [-0.15, -0.1) is 0 Å². The lowest BCUT2D eigenvalue weighted by molar-refractivity contribution is 0.0954. The lowest BCUT2D eigenvalue weighted by Crippen LogP contribution is -2.17. The molecule has 27 heavy (non-hydrogen) atoms. The summed E-state index contributed by atoms with van der Waals surface area (Å²) in [7, 11) is 0. The van der Waals surface area contributed by atoms with Crippen LogP contribution >= 0.6 is 0 Å². The first-order valence-corrected chi connectivity index (χ1v) is 8.43. The average molecular weight is 359 g/mol. The molecule has 4 rings (SSSR count). The molecule has 0 unspecified atom stereocenters. The van der Waals surface area contributed by atoms with Gasteiger partial charge in [-0.1, -0.05) is 30.3 Å². The second-order valence-electron chi connectivity index (χ2n) is 5.88. The van der Waals surface area contributed by atoms with Crippen molar-refractivity contribution in [3.63, 3.8) is 0 Å². The molecule has 1 aliphatic heterocycles. The molecular formula is C21H17N3O3. The number of nitrogens with zero attached hydrogens (tertiary/aromatic N) is 1. The largest absolute Gasteiger partial charge is 0.454 e. The van der Waals surface area contributed by atoms with Crippen molar-refractivity contribution in [2.24, 2.45) is 5.10 Å². The summed E-state index contributed by atoms with van der Waals surface area (Å²) in [6.07, 6.45) is 1.59. The maximum Gasteiger partial charge on any atom is 0.271 e. The van der Waals surface area contributed by atoms with Crippen LogP contribution in [0, 0.1) is 0 Å². The summed E-state index contributed by atoms with van der Waals surface area (Å²) in [6, 6.07) is 22.7. The van der Waals surface area contributed by atoms with Gasteiger partial charge in [0.1, 0.15) is 0 Å². The normalized spacial score (nSPS) is 12.1. The lowest BCUT2D eigenvalue weighted by Gasteiger charge is -2.06. The minimum atomic E-state index is -0.313. The minimum Gasteiger partial charge on any atom is -0.454 e. The molecule has 0 saturated carbocycles. The third kappa shape index (κ3) is 4.07. The van der Waals surface area contributed by atoms with Crippen LogP contribution in [0.3, 0.4) is 0 Å². The molecule has 0 bridgehead atoms. The number of fused-ring (bicyclic) bond motifs is 1. The van der Waals surface area contributed by atoms with Crippen LogP contribution in [0.15, 0.2) is 77.9 Å². The summed E-state index contributed by atoms with van der Waals surface area (Å²) in [5.41, 5.74) is 5.84. The first-order chi connectivity index (χ1) is 13.3. The Balaban J connectivity index is 1.35. The third-order valence-corrected chi connectivity index (χ3v) is 3.99. The van der Waals surface area contributed by atoms with Gasteiger partial charge in [0, 0.05) is 16.9 Å². The number of hydrogen-bond acceptors (Lipinski definition) is 5. The van der Waals surface area contributed by atoms with Crippen LogP contribution in [0.25, 0.3) is 0 Å². The maximum atomic E-state index is 12.2. The molecule has 0 aromatic heterocycles. The Kier molecular flexibility index (Phi) is 4.70. The fourth-order valence-electron chi connectivity index (χ4n) is 2.61. The van der Waals surface area contributed by atoms with E-state index in [0.29, 0.717) is 17.1 Å². The van der Waals surface area contributed by atoms with Crippen molar-refractivity contribution in [3.8, 4) is 11.5 Å². The second kappa shape index (κ2) is 7.61. The molecule has 6 heteroatoms. The molecule has 0 radical (unpaired) electrons. The van der Waals surface area contributed by atoms with Crippen LogP contribution in [0.5, 0.6) is 11.5 Å². The number of hydrogen-bond donors (Lipinski definition) is 2. The summed E-state index contributed by atoms with van der Waals surface area (Å²) < 4.78 is 10.5. The Morgan fingerprint density at radius 3 is 2.44 bits per heavy atom. The molecule has 3 aromatic rings. The summed E-state index contributed by atoms with van der Waals surface area (Å²) in [6.45, 7) is 0.174. The van der Waals surface area contributed by atoms with E-state index in [-0.39, 0.29) is 12.7 Å². The van der Waals surface area contributed by atoms with Crippen LogP contribution in [-0.2, 0) is 0 Å². The highest BCUT2D eigenvalue weighted by Crippen LogP contribution is 2.32. The average Bonchev–Trinajstić information content (AvgIpc) is 3.18. The number of anilines is 2. The summed E-state index contributed by atoms with van der Waals surface area (Å²) in [5, 5.41) is 7.32. The van der Waals surface area contributed by atoms with Gasteiger partial charge in [0.15, 0.2) is 11.5 Å². The van der Waals surface area contributed by atoms with Gasteiger partial charge >= 0.3 is 0 Å². The molecule has 0 aliphatic carbocycles. The van der Waals surface area contributed by atoms with E-state index >= 15 is 0 Å². The number of hydrazone groups is 1. The van der Waals surface area contributed by atoms with Gasteiger partial charge in [-0.2, -0.15) is 5.10 Å². The number of rotatable bonds is 5. The summed E-state index contributed by atoms with van der Waals surface area (Å²) >= 11 is 0. The maximum absolute atomic E-state index is 12.2. The first kappa shape index (κ1) is 16.7. The zero-order valence-electron chi connectivity index (χ0n) is 14.4. The topological polar surface area (TPSA) is 72.0 Å². The number of nitrogens with one attached hydrogen (secondary N) is 2. The van der Waals surface area contributed by atoms with E-state index in [2.05, 4.69) is 15.8 Å². The summed E-state index contributed by atoms with van der Waals surface area (Å²) in [5.74, 6) is 0.888. The van der Waals surface area contributed by atoms with Gasteiger partial charge in [0.2, 0.25) is 6.79 Å². The number of benzene rings is 3. The standard InChI is InChI=1S/C21H17N3O3/c25-21(16-8-11-19-20(12-16)27-14-26-19)24-22-13-15-6-9-18(10-7-15)23-17-4-2-1-3-5-17/h1-13,23H,14H2,(H,24,25)/b22-13-. The van der Waals surface area contributed by atoms with Crippen molar-refractivity contribution < 1.29 is 14.3 Å². The predicted octanol–water partition coefficient (Wildman–Crippen LogP) is 3.92. The van der Waals surface area contributed by atoms with E-state index in [9.17, 15) is 4.79 Å². The Bertz CT molecular complexity index is 970. The molecule has 3 aromatic carbocycles. The number of carbonyl (C=O) groups excluding carboxylic acids is 1. The molecular weight excluding hydrogens is 342 g/mol. The molecule has 2 N–H and O–H groups in total. The van der Waals surface area contributed by atoms with Crippen molar-refractivity contribution in [2.75, 3.05) is 12.1 Å². The summed E-state index contributed by atoms with van der Waals surface area (Å²) in [4.78, 5) is 12.2. The zero-order chi connectivity index (χ0) is 18.5. The van der Waals surface area contributed by atoms with Crippen LogP contribution < -0.4 is 20.2 Å². The lowest BCUT2D eigenvalue weighted by atomic mass is 10.2. The van der Waals surface area contributed by atoms with Crippen molar-refractivity contribution in [1.82, 2.24) is 5.43 Å². The predicted molar refractivity (Wildman–Crippen MR) is 104 cm³/mol. The monoisotopic (exact) mass is 359 g/mol. The van der Waals surface area contributed by atoms with E-state index in [1.807, 2.05) is 54.6 Å². The number of amides is 1. The van der Waals surface area contributed by atoms with E-state index in [0.717, 1.165) is 16.9 Å². The van der Waals surface area contributed by atoms with Crippen LogP contribution in [0.1, 0.15) is 15.9 Å². The van der Waals surface area contributed by atoms with Crippen molar-refractivity contribution >= 4 is 23.5 Å². The Morgan fingerprint density at radius 2 is 1.63 bits per heavy atom. The molecule has 6 nitrogen and oxygen atoms in total. The number of ether oxygens (including phenoxy) is 2. The molecule has 1 heterocycles. The van der Waals surface area contributed by atoms with E-state index in [1.165, 1.54) is 0 Å². The molecule has 0 saturated heterocycles. The van der Waals surface area contributed by atoms with Crippen molar-refractivity contribution in [3.05, 3.63) is 83.9 Å². The van der Waals surface area contributed by atoms with Crippen molar-refractivity contribution in [2.45, 2.75) is 0 Å².